The molecule has 0 radical (unpaired) electrons. The van der Waals surface area contributed by atoms with Gasteiger partial charge in [0.05, 0.1) is 20.1 Å². The molecule has 0 N–H and O–H groups in total. The van der Waals surface area contributed by atoms with Gasteiger partial charge in [-0.05, 0) is 48.5 Å². The van der Waals surface area contributed by atoms with Crippen LogP contribution in [0, 0.1) is 0 Å². The summed E-state index contributed by atoms with van der Waals surface area (Å²) in [5, 5.41) is 4.47. The molecule has 0 aliphatic rings. The Bertz CT molecular complexity index is 878. The van der Waals surface area contributed by atoms with Crippen molar-refractivity contribution in [3.05, 3.63) is 59.4 Å². The van der Waals surface area contributed by atoms with Gasteiger partial charge < -0.3 is 18.7 Å². The average Bonchev–Trinajstić information content (AvgIpc) is 3.16. The largest absolute Gasteiger partial charge is 0.497 e. The Kier molecular flexibility index (Phi) is 6.27. The molecule has 27 heavy (non-hydrogen) atoms. The molecule has 2 aromatic carbocycles. The van der Waals surface area contributed by atoms with Gasteiger partial charge in [0, 0.05) is 10.6 Å². The molecule has 0 bridgehead atoms. The molecule has 1 aromatic heterocycles. The number of hydrogen-bond donors (Lipinski definition) is 0. The minimum absolute atomic E-state index is 0.0953. The number of halogens is 1. The molecule has 0 amide bonds. The molecule has 0 aliphatic heterocycles. The third-order valence-electron chi connectivity index (χ3n) is 3.56. The van der Waals surface area contributed by atoms with E-state index in [-0.39, 0.29) is 25.5 Å². The second kappa shape index (κ2) is 9.05. The molecule has 140 valence electrons. The minimum Gasteiger partial charge on any atom is -0.497 e. The van der Waals surface area contributed by atoms with Crippen molar-refractivity contribution in [1.82, 2.24) is 10.1 Å². The molecular formula is C19H17ClN2O5. The lowest BCUT2D eigenvalue weighted by Gasteiger charge is -2.06. The van der Waals surface area contributed by atoms with Crippen molar-refractivity contribution < 1.29 is 23.5 Å². The molecular weight excluding hydrogens is 372 g/mol. The number of carbonyl (C=O) groups is 1. The van der Waals surface area contributed by atoms with Crippen LogP contribution in [0.4, 0.5) is 0 Å². The normalized spacial score (nSPS) is 10.4. The van der Waals surface area contributed by atoms with E-state index in [1.807, 2.05) is 0 Å². The van der Waals surface area contributed by atoms with Crippen molar-refractivity contribution in [2.45, 2.75) is 13.0 Å². The molecule has 0 fully saturated rings. The Labute approximate surface area is 160 Å². The van der Waals surface area contributed by atoms with Crippen LogP contribution in [-0.2, 0) is 16.1 Å². The summed E-state index contributed by atoms with van der Waals surface area (Å²) in [6, 6.07) is 14.1. The van der Waals surface area contributed by atoms with Gasteiger partial charge in [0.15, 0.2) is 6.61 Å². The summed E-state index contributed by atoms with van der Waals surface area (Å²) < 4.78 is 20.7. The fraction of sp³-hybridized carbons (Fsp3) is 0.211. The number of aromatic nitrogens is 2. The van der Waals surface area contributed by atoms with Gasteiger partial charge >= 0.3 is 5.97 Å². The van der Waals surface area contributed by atoms with Crippen molar-refractivity contribution in [2.24, 2.45) is 0 Å². The van der Waals surface area contributed by atoms with E-state index in [1.165, 1.54) is 0 Å². The van der Waals surface area contributed by atoms with Crippen molar-refractivity contribution in [1.29, 1.82) is 0 Å². The Morgan fingerprint density at radius 3 is 2.48 bits per heavy atom. The molecule has 0 unspecified atom stereocenters. The van der Waals surface area contributed by atoms with Crippen LogP contribution < -0.4 is 9.47 Å². The molecule has 0 spiro atoms. The SMILES string of the molecule is COc1ccc(OCCC(=O)OCc2nc(-c3ccc(Cl)cc3)no2)cc1. The van der Waals surface area contributed by atoms with Crippen LogP contribution in [0.3, 0.4) is 0 Å². The Balaban J connectivity index is 1.42. The lowest BCUT2D eigenvalue weighted by Crippen LogP contribution is -2.10. The number of ether oxygens (including phenoxy) is 3. The summed E-state index contributed by atoms with van der Waals surface area (Å²) in [5.41, 5.74) is 0.758. The molecule has 3 rings (SSSR count). The van der Waals surface area contributed by atoms with Crippen LogP contribution in [0.5, 0.6) is 11.5 Å². The molecule has 3 aromatic rings. The second-order valence-electron chi connectivity index (χ2n) is 5.45. The van der Waals surface area contributed by atoms with Crippen LogP contribution in [0.25, 0.3) is 11.4 Å². The lowest BCUT2D eigenvalue weighted by atomic mass is 10.2. The number of methoxy groups -OCH3 is 1. The predicted molar refractivity (Wildman–Crippen MR) is 97.6 cm³/mol. The summed E-state index contributed by atoms with van der Waals surface area (Å²) >= 11 is 5.85. The Hall–Kier alpha value is -3.06. The van der Waals surface area contributed by atoms with Crippen LogP contribution in [-0.4, -0.2) is 29.8 Å². The first-order valence-corrected chi connectivity index (χ1v) is 8.53. The van der Waals surface area contributed by atoms with Gasteiger partial charge in [-0.3, -0.25) is 4.79 Å². The first kappa shape index (κ1) is 18.7. The fourth-order valence-electron chi connectivity index (χ4n) is 2.17. The highest BCUT2D eigenvalue weighted by atomic mass is 35.5. The summed E-state index contributed by atoms with van der Waals surface area (Å²) in [4.78, 5) is 16.0. The summed E-state index contributed by atoms with van der Waals surface area (Å²) in [7, 11) is 1.59. The highest BCUT2D eigenvalue weighted by Crippen LogP contribution is 2.19. The topological polar surface area (TPSA) is 83.7 Å². The van der Waals surface area contributed by atoms with Gasteiger partial charge in [-0.15, -0.1) is 0 Å². The summed E-state index contributed by atoms with van der Waals surface area (Å²) in [5.74, 6) is 1.58. The molecule has 7 nitrogen and oxygen atoms in total. The van der Waals surface area contributed by atoms with E-state index >= 15 is 0 Å². The first-order chi connectivity index (χ1) is 13.1. The second-order valence-corrected chi connectivity index (χ2v) is 5.89. The number of hydrogen-bond acceptors (Lipinski definition) is 7. The van der Waals surface area contributed by atoms with Gasteiger partial charge in [0.2, 0.25) is 5.82 Å². The third-order valence-corrected chi connectivity index (χ3v) is 3.81. The molecule has 8 heteroatoms. The molecule has 0 saturated carbocycles. The fourth-order valence-corrected chi connectivity index (χ4v) is 2.29. The highest BCUT2D eigenvalue weighted by molar-refractivity contribution is 6.30. The first-order valence-electron chi connectivity index (χ1n) is 8.15. The van der Waals surface area contributed by atoms with E-state index in [0.29, 0.717) is 16.6 Å². The monoisotopic (exact) mass is 388 g/mol. The highest BCUT2D eigenvalue weighted by Gasteiger charge is 2.11. The van der Waals surface area contributed by atoms with Crippen molar-refractivity contribution in [2.75, 3.05) is 13.7 Å². The maximum Gasteiger partial charge on any atom is 0.309 e. The van der Waals surface area contributed by atoms with E-state index in [0.717, 1.165) is 11.3 Å². The van der Waals surface area contributed by atoms with E-state index in [4.69, 9.17) is 30.3 Å². The maximum atomic E-state index is 11.8. The third kappa shape index (κ3) is 5.46. The number of nitrogens with zero attached hydrogens (tertiary/aromatic N) is 2. The molecule has 0 saturated heterocycles. The zero-order valence-electron chi connectivity index (χ0n) is 14.6. The molecule has 0 aliphatic carbocycles. The van der Waals surface area contributed by atoms with Crippen molar-refractivity contribution in [3.8, 4) is 22.9 Å². The van der Waals surface area contributed by atoms with Crippen LogP contribution >= 0.6 is 11.6 Å². The molecule has 0 atom stereocenters. The number of rotatable bonds is 8. The zero-order chi connectivity index (χ0) is 19.1. The van der Waals surface area contributed by atoms with Crippen LogP contribution in [0.1, 0.15) is 12.3 Å². The Morgan fingerprint density at radius 1 is 1.07 bits per heavy atom. The summed E-state index contributed by atoms with van der Waals surface area (Å²) in [6.07, 6.45) is 0.101. The van der Waals surface area contributed by atoms with E-state index in [2.05, 4.69) is 10.1 Å². The number of benzene rings is 2. The van der Waals surface area contributed by atoms with Crippen molar-refractivity contribution >= 4 is 17.6 Å². The maximum absolute atomic E-state index is 11.8. The average molecular weight is 389 g/mol. The quantitative estimate of drug-likeness (QED) is 0.541. The van der Waals surface area contributed by atoms with Gasteiger partial charge in [-0.25, -0.2) is 0 Å². The lowest BCUT2D eigenvalue weighted by molar-refractivity contribution is -0.146. The summed E-state index contributed by atoms with van der Waals surface area (Å²) in [6.45, 7) is 0.104. The van der Waals surface area contributed by atoms with Crippen molar-refractivity contribution in [3.63, 3.8) is 0 Å². The van der Waals surface area contributed by atoms with Gasteiger partial charge in [0.25, 0.3) is 5.89 Å². The Morgan fingerprint density at radius 2 is 1.78 bits per heavy atom. The van der Waals surface area contributed by atoms with E-state index in [9.17, 15) is 4.79 Å². The van der Waals surface area contributed by atoms with Gasteiger partial charge in [-0.1, -0.05) is 16.8 Å². The zero-order valence-corrected chi connectivity index (χ0v) is 15.3. The van der Waals surface area contributed by atoms with Crippen LogP contribution in [0.2, 0.25) is 5.02 Å². The van der Waals surface area contributed by atoms with E-state index in [1.54, 1.807) is 55.6 Å². The predicted octanol–water partition coefficient (Wildman–Crippen LogP) is 3.91. The van der Waals surface area contributed by atoms with Crippen LogP contribution in [0.15, 0.2) is 53.1 Å². The minimum atomic E-state index is -0.422. The smallest absolute Gasteiger partial charge is 0.309 e. The number of esters is 1. The van der Waals surface area contributed by atoms with Gasteiger partial charge in [0.1, 0.15) is 11.5 Å². The molecule has 1 heterocycles. The number of carbonyl (C=O) groups excluding carboxylic acids is 1. The van der Waals surface area contributed by atoms with Gasteiger partial charge in [-0.2, -0.15) is 4.98 Å². The standard InChI is InChI=1S/C19H17ClN2O5/c1-24-15-6-8-16(9-7-15)25-11-10-18(23)26-12-17-21-19(22-27-17)13-2-4-14(20)5-3-13/h2-9H,10-12H2,1H3. The van der Waals surface area contributed by atoms with E-state index < -0.39 is 5.97 Å².